The monoisotopic (exact) mass is 296 g/mol. The third kappa shape index (κ3) is 6.55. The molecule has 0 saturated heterocycles. The van der Waals surface area contributed by atoms with Crippen molar-refractivity contribution in [2.45, 2.75) is 26.8 Å². The highest BCUT2D eigenvalue weighted by Gasteiger charge is 2.11. The number of nitrogens with zero attached hydrogens (tertiary/aromatic N) is 1. The van der Waals surface area contributed by atoms with E-state index in [1.807, 2.05) is 0 Å². The van der Waals surface area contributed by atoms with Crippen molar-refractivity contribution >= 4 is 5.69 Å². The number of hydrogen-bond acceptors (Lipinski definition) is 5. The van der Waals surface area contributed by atoms with Crippen molar-refractivity contribution in [1.82, 2.24) is 5.32 Å². The first-order valence-corrected chi connectivity index (χ1v) is 7.14. The van der Waals surface area contributed by atoms with Crippen LogP contribution in [0.25, 0.3) is 0 Å². The summed E-state index contributed by atoms with van der Waals surface area (Å²) in [6.07, 6.45) is 0.952. The van der Waals surface area contributed by atoms with Gasteiger partial charge < -0.3 is 14.8 Å². The molecule has 0 atom stereocenters. The summed E-state index contributed by atoms with van der Waals surface area (Å²) < 4.78 is 10.7. The molecule has 0 amide bonds. The average Bonchev–Trinajstić information content (AvgIpc) is 2.44. The number of hydrogen-bond donors (Lipinski definition) is 1. The predicted molar refractivity (Wildman–Crippen MR) is 81.6 cm³/mol. The maximum atomic E-state index is 10.9. The van der Waals surface area contributed by atoms with Crippen molar-refractivity contribution in [2.75, 3.05) is 26.9 Å². The highest BCUT2D eigenvalue weighted by molar-refractivity contribution is 5.43. The van der Waals surface area contributed by atoms with Crippen LogP contribution in [0.3, 0.4) is 0 Å². The van der Waals surface area contributed by atoms with E-state index in [9.17, 15) is 10.1 Å². The minimum absolute atomic E-state index is 0.0785. The molecule has 0 radical (unpaired) electrons. The number of benzene rings is 1. The molecule has 6 heteroatoms. The third-order valence-corrected chi connectivity index (χ3v) is 3.01. The Morgan fingerprint density at radius 1 is 1.33 bits per heavy atom. The molecular formula is C15H24N2O4. The van der Waals surface area contributed by atoms with Gasteiger partial charge in [0.05, 0.1) is 18.1 Å². The number of nitrogens with one attached hydrogen (secondary N) is 1. The van der Waals surface area contributed by atoms with Crippen molar-refractivity contribution in [2.24, 2.45) is 5.92 Å². The van der Waals surface area contributed by atoms with Gasteiger partial charge >= 0.3 is 0 Å². The number of rotatable bonds is 10. The van der Waals surface area contributed by atoms with Gasteiger partial charge in [-0.2, -0.15) is 0 Å². The van der Waals surface area contributed by atoms with Crippen LogP contribution in [0.15, 0.2) is 18.2 Å². The average molecular weight is 296 g/mol. The second kappa shape index (κ2) is 9.31. The standard InChI is InChI=1S/C15H24N2O4/c1-12(2)6-8-21-15-5-4-14(17(18)19)10-13(15)11-16-7-9-20-3/h4-5,10,12,16H,6-9,11H2,1-3H3. The van der Waals surface area contributed by atoms with Crippen molar-refractivity contribution < 1.29 is 14.4 Å². The number of ether oxygens (including phenoxy) is 2. The van der Waals surface area contributed by atoms with Crippen molar-refractivity contribution in [3.05, 3.63) is 33.9 Å². The Hall–Kier alpha value is -1.66. The highest BCUT2D eigenvalue weighted by Crippen LogP contribution is 2.24. The second-order valence-corrected chi connectivity index (χ2v) is 5.25. The molecule has 0 saturated carbocycles. The van der Waals surface area contributed by atoms with Crippen LogP contribution in [0, 0.1) is 16.0 Å². The smallest absolute Gasteiger partial charge is 0.270 e. The van der Waals surface area contributed by atoms with Crippen LogP contribution in [0.5, 0.6) is 5.75 Å². The molecule has 1 aromatic rings. The highest BCUT2D eigenvalue weighted by atomic mass is 16.6. The molecule has 0 unspecified atom stereocenters. The Kier molecular flexibility index (Phi) is 7.71. The lowest BCUT2D eigenvalue weighted by atomic mass is 10.1. The minimum Gasteiger partial charge on any atom is -0.493 e. The zero-order valence-corrected chi connectivity index (χ0v) is 12.9. The SMILES string of the molecule is COCCNCc1cc([N+](=O)[O-])ccc1OCCC(C)C. The minimum atomic E-state index is -0.392. The molecule has 1 N–H and O–H groups in total. The Morgan fingerprint density at radius 2 is 2.10 bits per heavy atom. The first-order valence-electron chi connectivity index (χ1n) is 7.14. The largest absolute Gasteiger partial charge is 0.493 e. The maximum absolute atomic E-state index is 10.9. The Morgan fingerprint density at radius 3 is 2.71 bits per heavy atom. The maximum Gasteiger partial charge on any atom is 0.270 e. The van der Waals surface area contributed by atoms with Crippen LogP contribution in [-0.4, -0.2) is 31.8 Å². The van der Waals surface area contributed by atoms with E-state index in [2.05, 4.69) is 19.2 Å². The molecule has 0 heterocycles. The van der Waals surface area contributed by atoms with Gasteiger partial charge in [-0.3, -0.25) is 10.1 Å². The van der Waals surface area contributed by atoms with Crippen LogP contribution < -0.4 is 10.1 Å². The lowest BCUT2D eigenvalue weighted by Crippen LogP contribution is -2.19. The molecular weight excluding hydrogens is 272 g/mol. The van der Waals surface area contributed by atoms with E-state index in [1.54, 1.807) is 19.2 Å². The summed E-state index contributed by atoms with van der Waals surface area (Å²) in [6, 6.07) is 4.71. The summed E-state index contributed by atoms with van der Waals surface area (Å²) in [7, 11) is 1.63. The quantitative estimate of drug-likeness (QED) is 0.408. The lowest BCUT2D eigenvalue weighted by Gasteiger charge is -2.13. The summed E-state index contributed by atoms with van der Waals surface area (Å²) in [5, 5.41) is 14.0. The van der Waals surface area contributed by atoms with Gasteiger partial charge in [-0.1, -0.05) is 13.8 Å². The number of nitro benzene ring substituents is 1. The number of methoxy groups -OCH3 is 1. The first-order chi connectivity index (χ1) is 10.0. The topological polar surface area (TPSA) is 73.6 Å². The fraction of sp³-hybridized carbons (Fsp3) is 0.600. The predicted octanol–water partition coefficient (Wildman–Crippen LogP) is 2.76. The molecule has 0 aliphatic heterocycles. The van der Waals surface area contributed by atoms with E-state index in [1.165, 1.54) is 6.07 Å². The van der Waals surface area contributed by atoms with Crippen LogP contribution in [0.1, 0.15) is 25.8 Å². The zero-order chi connectivity index (χ0) is 15.7. The first kappa shape index (κ1) is 17.4. The molecule has 0 spiro atoms. The molecule has 6 nitrogen and oxygen atoms in total. The van der Waals surface area contributed by atoms with Gasteiger partial charge in [0.1, 0.15) is 5.75 Å². The molecule has 1 aromatic carbocycles. The summed E-state index contributed by atoms with van der Waals surface area (Å²) in [5.74, 6) is 1.26. The van der Waals surface area contributed by atoms with E-state index in [0.29, 0.717) is 38.0 Å². The summed E-state index contributed by atoms with van der Waals surface area (Å²) in [6.45, 7) is 6.67. The van der Waals surface area contributed by atoms with Gasteiger partial charge in [-0.25, -0.2) is 0 Å². The fourth-order valence-corrected chi connectivity index (χ4v) is 1.76. The Balaban J connectivity index is 2.71. The summed E-state index contributed by atoms with van der Waals surface area (Å²) in [4.78, 5) is 10.5. The van der Waals surface area contributed by atoms with Crippen molar-refractivity contribution in [1.29, 1.82) is 0 Å². The molecule has 21 heavy (non-hydrogen) atoms. The van der Waals surface area contributed by atoms with Gasteiger partial charge in [-0.15, -0.1) is 0 Å². The third-order valence-electron chi connectivity index (χ3n) is 3.01. The van der Waals surface area contributed by atoms with Gasteiger partial charge in [0.2, 0.25) is 0 Å². The molecule has 0 aliphatic rings. The van der Waals surface area contributed by atoms with Crippen LogP contribution in [-0.2, 0) is 11.3 Å². The fourth-order valence-electron chi connectivity index (χ4n) is 1.76. The Labute approximate surface area is 125 Å². The number of nitro groups is 1. The van der Waals surface area contributed by atoms with Crippen LogP contribution in [0.4, 0.5) is 5.69 Å². The van der Waals surface area contributed by atoms with Gasteiger partial charge in [0, 0.05) is 37.9 Å². The van der Waals surface area contributed by atoms with E-state index in [4.69, 9.17) is 9.47 Å². The van der Waals surface area contributed by atoms with E-state index < -0.39 is 4.92 Å². The Bertz CT molecular complexity index is 449. The van der Waals surface area contributed by atoms with Crippen LogP contribution in [0.2, 0.25) is 0 Å². The van der Waals surface area contributed by atoms with Crippen LogP contribution >= 0.6 is 0 Å². The van der Waals surface area contributed by atoms with E-state index in [0.717, 1.165) is 12.0 Å². The molecule has 118 valence electrons. The molecule has 1 rings (SSSR count). The zero-order valence-electron chi connectivity index (χ0n) is 12.9. The summed E-state index contributed by atoms with van der Waals surface area (Å²) >= 11 is 0. The van der Waals surface area contributed by atoms with Crippen molar-refractivity contribution in [3.63, 3.8) is 0 Å². The molecule has 0 bridgehead atoms. The van der Waals surface area contributed by atoms with E-state index in [-0.39, 0.29) is 5.69 Å². The van der Waals surface area contributed by atoms with Gasteiger partial charge in [0.25, 0.3) is 5.69 Å². The van der Waals surface area contributed by atoms with Gasteiger partial charge in [0.15, 0.2) is 0 Å². The van der Waals surface area contributed by atoms with Crippen molar-refractivity contribution in [3.8, 4) is 5.75 Å². The molecule has 0 aliphatic carbocycles. The van der Waals surface area contributed by atoms with Gasteiger partial charge in [-0.05, 0) is 18.4 Å². The molecule has 0 fully saturated rings. The normalized spacial score (nSPS) is 10.9. The molecule has 0 aromatic heterocycles. The van der Waals surface area contributed by atoms with E-state index >= 15 is 0 Å². The lowest BCUT2D eigenvalue weighted by molar-refractivity contribution is -0.384. The second-order valence-electron chi connectivity index (χ2n) is 5.25. The summed E-state index contributed by atoms with van der Waals surface area (Å²) in [5.41, 5.74) is 0.874. The number of non-ortho nitro benzene ring substituents is 1.